The second kappa shape index (κ2) is 6.76. The van der Waals surface area contributed by atoms with Crippen molar-refractivity contribution in [3.05, 3.63) is 46.3 Å². The van der Waals surface area contributed by atoms with E-state index in [9.17, 15) is 4.79 Å². The lowest BCUT2D eigenvalue weighted by molar-refractivity contribution is 0.560. The molecule has 3 heteroatoms. The molecule has 0 saturated heterocycles. The minimum absolute atomic E-state index is 0.334. The molecule has 0 aliphatic heterocycles. The lowest BCUT2D eigenvalue weighted by atomic mass is 10.1. The molecule has 0 radical (unpaired) electrons. The van der Waals surface area contributed by atoms with Crippen LogP contribution in [0.2, 0.25) is 16.6 Å². The van der Waals surface area contributed by atoms with Crippen molar-refractivity contribution >= 4 is 19.0 Å². The molecule has 2 aromatic rings. The average molecular weight is 327 g/mol. The quantitative estimate of drug-likeness (QED) is 0.431. The van der Waals surface area contributed by atoms with E-state index in [2.05, 4.69) is 53.0 Å². The average Bonchev–Trinajstić information content (AvgIpc) is 2.46. The molecule has 0 aliphatic carbocycles. The van der Waals surface area contributed by atoms with Gasteiger partial charge in [0.1, 0.15) is 13.7 Å². The van der Waals surface area contributed by atoms with Crippen LogP contribution in [0.25, 0.3) is 11.0 Å². The first-order valence-electron chi connectivity index (χ1n) is 8.35. The Labute approximate surface area is 139 Å². The summed E-state index contributed by atoms with van der Waals surface area (Å²) in [4.78, 5) is 11.8. The third-order valence-corrected chi connectivity index (χ3v) is 11.2. The largest absolute Gasteiger partial charge is 0.423 e. The van der Waals surface area contributed by atoms with Crippen molar-refractivity contribution in [2.45, 2.75) is 58.2 Å². The summed E-state index contributed by atoms with van der Waals surface area (Å²) in [7, 11) is -1.81. The highest BCUT2D eigenvalue weighted by Gasteiger charge is 2.41. The molecule has 0 N–H and O–H groups in total. The Morgan fingerprint density at radius 1 is 0.957 bits per heavy atom. The SMILES string of the molecule is CC(C)[Si](C#Cc1cc(=O)oc2ccccc12)(C(C)C)C(C)C. The van der Waals surface area contributed by atoms with E-state index >= 15 is 0 Å². The summed E-state index contributed by atoms with van der Waals surface area (Å²) in [6.45, 7) is 13.7. The number of para-hydroxylation sites is 1. The monoisotopic (exact) mass is 326 g/mol. The highest BCUT2D eigenvalue weighted by molar-refractivity contribution is 6.90. The number of fused-ring (bicyclic) bond motifs is 1. The van der Waals surface area contributed by atoms with Crippen molar-refractivity contribution in [2.24, 2.45) is 0 Å². The molecule has 0 bridgehead atoms. The second-order valence-electron chi connectivity index (χ2n) is 7.12. The maximum Gasteiger partial charge on any atom is 0.337 e. The number of benzene rings is 1. The third kappa shape index (κ3) is 3.28. The van der Waals surface area contributed by atoms with Crippen LogP contribution in [0.5, 0.6) is 0 Å². The molecule has 1 aromatic carbocycles. The zero-order valence-corrected chi connectivity index (χ0v) is 15.9. The fraction of sp³-hybridized carbons (Fsp3) is 0.450. The summed E-state index contributed by atoms with van der Waals surface area (Å²) in [5.74, 6) is 3.37. The first-order chi connectivity index (χ1) is 10.8. The molecule has 1 heterocycles. The van der Waals surface area contributed by atoms with Gasteiger partial charge in [0.05, 0.1) is 0 Å². The zero-order chi connectivity index (χ0) is 17.2. The van der Waals surface area contributed by atoms with E-state index in [1.807, 2.05) is 24.3 Å². The van der Waals surface area contributed by atoms with E-state index in [-0.39, 0.29) is 5.63 Å². The first-order valence-corrected chi connectivity index (χ1v) is 10.6. The topological polar surface area (TPSA) is 30.2 Å². The fourth-order valence-corrected chi connectivity index (χ4v) is 9.04. The molecule has 2 rings (SSSR count). The van der Waals surface area contributed by atoms with Gasteiger partial charge in [0.2, 0.25) is 0 Å². The van der Waals surface area contributed by atoms with Gasteiger partial charge in [-0.3, -0.25) is 0 Å². The van der Waals surface area contributed by atoms with E-state index in [0.717, 1.165) is 10.9 Å². The lowest BCUT2D eigenvalue weighted by Gasteiger charge is -2.38. The Morgan fingerprint density at radius 2 is 1.52 bits per heavy atom. The van der Waals surface area contributed by atoms with Gasteiger partial charge in [-0.1, -0.05) is 59.6 Å². The van der Waals surface area contributed by atoms with Gasteiger partial charge in [0.25, 0.3) is 0 Å². The highest BCUT2D eigenvalue weighted by atomic mass is 28.3. The normalized spacial score (nSPS) is 12.0. The molecule has 2 nitrogen and oxygen atoms in total. The maximum absolute atomic E-state index is 11.8. The molecule has 1 aromatic heterocycles. The van der Waals surface area contributed by atoms with Crippen molar-refractivity contribution in [3.63, 3.8) is 0 Å². The Hall–Kier alpha value is -1.79. The number of hydrogen-bond acceptors (Lipinski definition) is 2. The Kier molecular flexibility index (Phi) is 5.16. The van der Waals surface area contributed by atoms with Gasteiger partial charge in [0.15, 0.2) is 0 Å². The van der Waals surface area contributed by atoms with Gasteiger partial charge in [-0.2, -0.15) is 0 Å². The van der Waals surface area contributed by atoms with Gasteiger partial charge in [0, 0.05) is 17.0 Å². The molecule has 0 amide bonds. The molecule has 0 fully saturated rings. The van der Waals surface area contributed by atoms with E-state index < -0.39 is 8.07 Å². The number of rotatable bonds is 3. The summed E-state index contributed by atoms with van der Waals surface area (Å²) in [5, 5.41) is 0.916. The maximum atomic E-state index is 11.8. The van der Waals surface area contributed by atoms with Crippen molar-refractivity contribution in [1.29, 1.82) is 0 Å². The lowest BCUT2D eigenvalue weighted by Crippen LogP contribution is -2.43. The molecule has 0 aliphatic rings. The fourth-order valence-electron chi connectivity index (χ4n) is 3.82. The third-order valence-electron chi connectivity index (χ3n) is 4.93. The van der Waals surface area contributed by atoms with Gasteiger partial charge in [-0.25, -0.2) is 4.79 Å². The van der Waals surface area contributed by atoms with Crippen molar-refractivity contribution in [3.8, 4) is 11.5 Å². The Balaban J connectivity index is 2.67. The predicted molar refractivity (Wildman–Crippen MR) is 100 cm³/mol. The van der Waals surface area contributed by atoms with Gasteiger partial charge >= 0.3 is 5.63 Å². The zero-order valence-electron chi connectivity index (χ0n) is 14.9. The molecule has 0 unspecified atom stereocenters. The summed E-state index contributed by atoms with van der Waals surface area (Å²) < 4.78 is 5.26. The van der Waals surface area contributed by atoms with Crippen LogP contribution in [0.15, 0.2) is 39.5 Å². The molecule has 122 valence electrons. The summed E-state index contributed by atoms with van der Waals surface area (Å²) >= 11 is 0. The summed E-state index contributed by atoms with van der Waals surface area (Å²) in [6.07, 6.45) is 0. The van der Waals surface area contributed by atoms with Crippen LogP contribution < -0.4 is 5.63 Å². The van der Waals surface area contributed by atoms with Gasteiger partial charge in [-0.15, -0.1) is 5.54 Å². The second-order valence-corrected chi connectivity index (χ2v) is 12.7. The van der Waals surface area contributed by atoms with Crippen LogP contribution in [-0.2, 0) is 0 Å². The van der Waals surface area contributed by atoms with Crippen molar-refractivity contribution in [2.75, 3.05) is 0 Å². The van der Waals surface area contributed by atoms with E-state index in [4.69, 9.17) is 4.42 Å². The molecule has 0 saturated carbocycles. The molecular formula is C20H26O2Si. The van der Waals surface area contributed by atoms with Crippen molar-refractivity contribution < 1.29 is 4.42 Å². The Bertz CT molecular complexity index is 782. The van der Waals surface area contributed by atoms with Crippen LogP contribution in [-0.4, -0.2) is 8.07 Å². The van der Waals surface area contributed by atoms with E-state index in [1.54, 1.807) is 0 Å². The van der Waals surface area contributed by atoms with Crippen molar-refractivity contribution in [1.82, 2.24) is 0 Å². The minimum Gasteiger partial charge on any atom is -0.423 e. The molecule has 0 spiro atoms. The summed E-state index contributed by atoms with van der Waals surface area (Å²) in [6, 6.07) is 9.13. The summed E-state index contributed by atoms with van der Waals surface area (Å²) in [5.41, 5.74) is 6.45. The minimum atomic E-state index is -1.81. The van der Waals surface area contributed by atoms with Crippen LogP contribution in [0.4, 0.5) is 0 Å². The smallest absolute Gasteiger partial charge is 0.337 e. The van der Waals surface area contributed by atoms with E-state index in [0.29, 0.717) is 22.2 Å². The van der Waals surface area contributed by atoms with Gasteiger partial charge in [-0.05, 0) is 28.8 Å². The Morgan fingerprint density at radius 3 is 2.09 bits per heavy atom. The first kappa shape index (κ1) is 17.6. The molecular weight excluding hydrogens is 300 g/mol. The highest BCUT2D eigenvalue weighted by Crippen LogP contribution is 2.40. The predicted octanol–water partition coefficient (Wildman–Crippen LogP) is 5.36. The van der Waals surface area contributed by atoms with Crippen LogP contribution in [0.3, 0.4) is 0 Å². The van der Waals surface area contributed by atoms with Crippen LogP contribution >= 0.6 is 0 Å². The van der Waals surface area contributed by atoms with Gasteiger partial charge < -0.3 is 4.42 Å². The molecule has 0 atom stereocenters. The molecule has 23 heavy (non-hydrogen) atoms. The van der Waals surface area contributed by atoms with Crippen LogP contribution in [0.1, 0.15) is 47.1 Å². The standard InChI is InChI=1S/C20H26O2Si/c1-14(2)23(15(3)4,16(5)6)12-11-17-13-20(21)22-19-10-8-7-9-18(17)19/h7-10,13-16H,1-6H3. The van der Waals surface area contributed by atoms with Crippen LogP contribution in [0, 0.1) is 11.5 Å². The number of hydrogen-bond donors (Lipinski definition) is 0. The van der Waals surface area contributed by atoms with E-state index in [1.165, 1.54) is 6.07 Å².